The maximum absolute atomic E-state index is 12.7. The molecular formula is C16H17ClN2O3S2. The highest BCUT2D eigenvalue weighted by atomic mass is 35.5. The van der Waals surface area contributed by atoms with E-state index >= 15 is 0 Å². The summed E-state index contributed by atoms with van der Waals surface area (Å²) in [6.07, 6.45) is 0. The summed E-state index contributed by atoms with van der Waals surface area (Å²) < 4.78 is 27.3. The molecular weight excluding hydrogens is 368 g/mol. The minimum absolute atomic E-state index is 0.0979. The van der Waals surface area contributed by atoms with E-state index in [-0.39, 0.29) is 10.8 Å². The van der Waals surface area contributed by atoms with E-state index in [2.05, 4.69) is 0 Å². The monoisotopic (exact) mass is 384 g/mol. The van der Waals surface area contributed by atoms with Crippen molar-refractivity contribution in [3.8, 4) is 0 Å². The first-order valence-corrected chi connectivity index (χ1v) is 10.1. The van der Waals surface area contributed by atoms with Crippen molar-refractivity contribution >= 4 is 38.9 Å². The number of sulfonamides is 1. The maximum Gasteiger partial charge on any atom is 0.264 e. The number of amides is 1. The van der Waals surface area contributed by atoms with E-state index in [0.717, 1.165) is 5.56 Å². The number of halogens is 1. The van der Waals surface area contributed by atoms with Gasteiger partial charge in [0.15, 0.2) is 0 Å². The molecule has 1 amide bonds. The lowest BCUT2D eigenvalue weighted by Crippen LogP contribution is -2.50. The fraction of sp³-hybridized carbons (Fsp3) is 0.312. The smallest absolute Gasteiger partial charge is 0.264 e. The van der Waals surface area contributed by atoms with Crippen LogP contribution >= 0.6 is 22.9 Å². The lowest BCUT2D eigenvalue weighted by atomic mass is 10.2. The van der Waals surface area contributed by atoms with Crippen molar-refractivity contribution in [1.29, 1.82) is 0 Å². The predicted octanol–water partition coefficient (Wildman–Crippen LogP) is 2.86. The summed E-state index contributed by atoms with van der Waals surface area (Å²) in [5.74, 6) is -0.0979. The summed E-state index contributed by atoms with van der Waals surface area (Å²) >= 11 is 7.10. The molecule has 0 unspecified atom stereocenters. The number of piperazine rings is 1. The third-order valence-corrected chi connectivity index (χ3v) is 7.10. The zero-order valence-electron chi connectivity index (χ0n) is 13.1. The molecule has 128 valence electrons. The highest BCUT2D eigenvalue weighted by molar-refractivity contribution is 7.89. The molecule has 0 saturated carbocycles. The number of nitrogens with zero attached hydrogens (tertiary/aromatic N) is 2. The molecule has 0 N–H and O–H groups in total. The van der Waals surface area contributed by atoms with Crippen LogP contribution in [0, 0.1) is 6.92 Å². The van der Waals surface area contributed by atoms with Gasteiger partial charge in [0.1, 0.15) is 0 Å². The van der Waals surface area contributed by atoms with Gasteiger partial charge in [0, 0.05) is 26.2 Å². The number of benzene rings is 1. The van der Waals surface area contributed by atoms with Gasteiger partial charge in [-0.15, -0.1) is 11.3 Å². The van der Waals surface area contributed by atoms with Crippen LogP contribution in [0.3, 0.4) is 0 Å². The number of rotatable bonds is 3. The molecule has 0 spiro atoms. The molecule has 0 atom stereocenters. The maximum atomic E-state index is 12.7. The predicted molar refractivity (Wildman–Crippen MR) is 95.2 cm³/mol. The number of aryl methyl sites for hydroxylation is 1. The molecule has 1 aromatic heterocycles. The second kappa shape index (κ2) is 6.84. The van der Waals surface area contributed by atoms with Gasteiger partial charge in [-0.3, -0.25) is 4.79 Å². The Hall–Kier alpha value is -1.41. The molecule has 2 heterocycles. The van der Waals surface area contributed by atoms with E-state index in [4.69, 9.17) is 11.6 Å². The van der Waals surface area contributed by atoms with Gasteiger partial charge in [0.2, 0.25) is 10.0 Å². The second-order valence-electron chi connectivity index (χ2n) is 5.61. The molecule has 0 radical (unpaired) electrons. The van der Waals surface area contributed by atoms with E-state index in [0.29, 0.717) is 35.4 Å². The Kier molecular flexibility index (Phi) is 4.96. The quantitative estimate of drug-likeness (QED) is 0.817. The summed E-state index contributed by atoms with van der Waals surface area (Å²) in [5, 5.41) is 0. The Bertz CT molecular complexity index is 838. The Balaban J connectivity index is 1.68. The number of carbonyl (C=O) groups is 1. The minimum atomic E-state index is -3.51. The summed E-state index contributed by atoms with van der Waals surface area (Å²) in [4.78, 5) is 14.9. The van der Waals surface area contributed by atoms with Crippen molar-refractivity contribution in [2.24, 2.45) is 0 Å². The molecule has 1 aliphatic rings. The van der Waals surface area contributed by atoms with Gasteiger partial charge < -0.3 is 4.90 Å². The van der Waals surface area contributed by atoms with Gasteiger partial charge in [-0.2, -0.15) is 4.31 Å². The van der Waals surface area contributed by atoms with Crippen molar-refractivity contribution in [1.82, 2.24) is 9.21 Å². The standard InChI is InChI=1S/C16H17ClN2O3S2/c1-12-2-4-13(5-3-12)24(21,22)19-10-8-18(9-11-19)16(20)14-6-7-15(17)23-14/h2-7H,8-11H2,1H3. The number of thiophene rings is 1. The SMILES string of the molecule is Cc1ccc(S(=O)(=O)N2CCN(C(=O)c3ccc(Cl)s3)CC2)cc1. The zero-order chi connectivity index (χ0) is 17.3. The summed E-state index contributed by atoms with van der Waals surface area (Å²) in [6, 6.07) is 10.2. The topological polar surface area (TPSA) is 57.7 Å². The van der Waals surface area contributed by atoms with Crippen molar-refractivity contribution < 1.29 is 13.2 Å². The largest absolute Gasteiger partial charge is 0.335 e. The third-order valence-electron chi connectivity index (χ3n) is 3.97. The van der Waals surface area contributed by atoms with Crippen LogP contribution in [0.2, 0.25) is 4.34 Å². The van der Waals surface area contributed by atoms with E-state index in [1.807, 2.05) is 6.92 Å². The van der Waals surface area contributed by atoms with Crippen molar-refractivity contribution in [2.45, 2.75) is 11.8 Å². The lowest BCUT2D eigenvalue weighted by Gasteiger charge is -2.33. The van der Waals surface area contributed by atoms with Gasteiger partial charge in [-0.1, -0.05) is 29.3 Å². The highest BCUT2D eigenvalue weighted by Crippen LogP contribution is 2.24. The average Bonchev–Trinajstić information content (AvgIpc) is 3.01. The third kappa shape index (κ3) is 3.49. The van der Waals surface area contributed by atoms with Crippen molar-refractivity contribution in [2.75, 3.05) is 26.2 Å². The van der Waals surface area contributed by atoms with E-state index in [1.165, 1.54) is 15.6 Å². The first kappa shape index (κ1) is 17.4. The Morgan fingerprint density at radius 2 is 1.67 bits per heavy atom. The van der Waals surface area contributed by atoms with Gasteiger partial charge >= 0.3 is 0 Å². The first-order valence-electron chi connectivity index (χ1n) is 7.49. The molecule has 24 heavy (non-hydrogen) atoms. The van der Waals surface area contributed by atoms with Gasteiger partial charge in [-0.05, 0) is 31.2 Å². The molecule has 0 bridgehead atoms. The number of hydrogen-bond donors (Lipinski definition) is 0. The lowest BCUT2D eigenvalue weighted by molar-refractivity contribution is 0.0703. The molecule has 3 rings (SSSR count). The Morgan fingerprint density at radius 1 is 1.04 bits per heavy atom. The minimum Gasteiger partial charge on any atom is -0.335 e. The fourth-order valence-electron chi connectivity index (χ4n) is 2.58. The normalized spacial score (nSPS) is 16.3. The molecule has 1 aromatic carbocycles. The van der Waals surface area contributed by atoms with Crippen LogP contribution in [0.4, 0.5) is 0 Å². The van der Waals surface area contributed by atoms with Gasteiger partial charge in [-0.25, -0.2) is 8.42 Å². The highest BCUT2D eigenvalue weighted by Gasteiger charge is 2.30. The molecule has 1 saturated heterocycles. The van der Waals surface area contributed by atoms with Gasteiger partial charge in [0.05, 0.1) is 14.1 Å². The molecule has 5 nitrogen and oxygen atoms in total. The van der Waals surface area contributed by atoms with Crippen molar-refractivity contribution in [3.63, 3.8) is 0 Å². The second-order valence-corrected chi connectivity index (χ2v) is 9.27. The molecule has 1 aliphatic heterocycles. The van der Waals surface area contributed by atoms with Crippen LogP contribution in [0.5, 0.6) is 0 Å². The van der Waals surface area contributed by atoms with Crippen molar-refractivity contribution in [3.05, 3.63) is 51.2 Å². The summed E-state index contributed by atoms with van der Waals surface area (Å²) in [5.41, 5.74) is 1.01. The molecule has 1 fully saturated rings. The summed E-state index contributed by atoms with van der Waals surface area (Å²) in [6.45, 7) is 3.25. The Labute approximate surface area is 150 Å². The zero-order valence-corrected chi connectivity index (χ0v) is 15.5. The first-order chi connectivity index (χ1) is 11.4. The summed E-state index contributed by atoms with van der Waals surface area (Å²) in [7, 11) is -3.51. The van der Waals surface area contributed by atoms with Crippen LogP contribution in [0.1, 0.15) is 15.2 Å². The van der Waals surface area contributed by atoms with E-state index < -0.39 is 10.0 Å². The van der Waals surface area contributed by atoms with E-state index in [9.17, 15) is 13.2 Å². The molecule has 0 aliphatic carbocycles. The fourth-order valence-corrected chi connectivity index (χ4v) is 5.01. The molecule has 8 heteroatoms. The van der Waals surface area contributed by atoms with Gasteiger partial charge in [0.25, 0.3) is 5.91 Å². The molecule has 2 aromatic rings. The average molecular weight is 385 g/mol. The Morgan fingerprint density at radius 3 is 2.21 bits per heavy atom. The number of hydrogen-bond acceptors (Lipinski definition) is 4. The number of carbonyl (C=O) groups excluding carboxylic acids is 1. The van der Waals surface area contributed by atoms with Crippen LogP contribution < -0.4 is 0 Å². The van der Waals surface area contributed by atoms with E-state index in [1.54, 1.807) is 41.3 Å². The van der Waals surface area contributed by atoms with Crippen LogP contribution in [0.15, 0.2) is 41.3 Å². The van der Waals surface area contributed by atoms with Crippen LogP contribution in [-0.2, 0) is 10.0 Å². The van der Waals surface area contributed by atoms with Crippen LogP contribution in [0.25, 0.3) is 0 Å². The van der Waals surface area contributed by atoms with Crippen LogP contribution in [-0.4, -0.2) is 49.7 Å².